The first-order valence-electron chi connectivity index (χ1n) is 8.26. The Morgan fingerprint density at radius 2 is 1.05 bits per heavy atom. The van der Waals surface area contributed by atoms with Crippen molar-refractivity contribution in [3.8, 4) is 0 Å². The van der Waals surface area contributed by atoms with E-state index in [-0.39, 0.29) is 29.6 Å². The van der Waals surface area contributed by atoms with E-state index >= 15 is 0 Å². The van der Waals surface area contributed by atoms with Crippen LogP contribution in [0, 0.1) is 6.92 Å². The van der Waals surface area contributed by atoms with E-state index in [0.717, 1.165) is 6.42 Å². The van der Waals surface area contributed by atoms with Crippen LogP contribution < -0.4 is 29.6 Å². The van der Waals surface area contributed by atoms with Gasteiger partial charge >= 0.3 is 29.6 Å². The summed E-state index contributed by atoms with van der Waals surface area (Å²) in [7, 11) is 0. The van der Waals surface area contributed by atoms with Crippen LogP contribution in [0.2, 0.25) is 0 Å². The Balaban J connectivity index is 0.00000361. The van der Waals surface area contributed by atoms with Gasteiger partial charge in [0.25, 0.3) is 0 Å². The summed E-state index contributed by atoms with van der Waals surface area (Å²) in [5, 5.41) is 0. The number of hydrogen-bond acceptors (Lipinski definition) is 0. The summed E-state index contributed by atoms with van der Waals surface area (Å²) < 4.78 is 0. The Bertz CT molecular complexity index is 281. The van der Waals surface area contributed by atoms with Crippen LogP contribution in [-0.2, 0) is 6.42 Å². The molecule has 0 fully saturated rings. The molecule has 20 heavy (non-hydrogen) atoms. The van der Waals surface area contributed by atoms with E-state index in [2.05, 4.69) is 37.3 Å². The van der Waals surface area contributed by atoms with Crippen molar-refractivity contribution >= 4 is 0 Å². The third kappa shape index (κ3) is 12.0. The van der Waals surface area contributed by atoms with Gasteiger partial charge in [-0.25, -0.2) is 0 Å². The van der Waals surface area contributed by atoms with Crippen molar-refractivity contribution in [2.45, 2.75) is 77.0 Å². The van der Waals surface area contributed by atoms with Crippen molar-refractivity contribution in [1.82, 2.24) is 0 Å². The minimum atomic E-state index is 0. The van der Waals surface area contributed by atoms with E-state index in [1.54, 1.807) is 0 Å². The van der Waals surface area contributed by atoms with Crippen LogP contribution in [0.5, 0.6) is 0 Å². The van der Waals surface area contributed by atoms with Crippen LogP contribution in [0.4, 0.5) is 0 Å². The summed E-state index contributed by atoms with van der Waals surface area (Å²) in [6, 6.07) is 10.9. The van der Waals surface area contributed by atoms with Crippen LogP contribution in [-0.4, -0.2) is 0 Å². The molecule has 0 radical (unpaired) electrons. The first-order chi connectivity index (χ1) is 9.43. The quantitative estimate of drug-likeness (QED) is 0.313. The summed E-state index contributed by atoms with van der Waals surface area (Å²) in [5.41, 5.74) is 1.49. The minimum Gasteiger partial charge on any atom is -0.343 e. The SMILES string of the molecule is [CH2-]CCCCCCCCCCCCc1ccccc1.[Na+]. The van der Waals surface area contributed by atoms with Gasteiger partial charge in [0.2, 0.25) is 0 Å². The smallest absolute Gasteiger partial charge is 0.343 e. The summed E-state index contributed by atoms with van der Waals surface area (Å²) in [6.07, 6.45) is 16.4. The molecule has 0 amide bonds. The molecule has 0 spiro atoms. The molecule has 0 saturated heterocycles. The molecule has 0 aliphatic heterocycles. The van der Waals surface area contributed by atoms with Gasteiger partial charge in [0, 0.05) is 0 Å². The molecule has 0 nitrogen and oxygen atoms in total. The number of unbranched alkanes of at least 4 members (excludes halogenated alkanes) is 10. The molecule has 0 bridgehead atoms. The second-order valence-corrected chi connectivity index (χ2v) is 5.62. The summed E-state index contributed by atoms with van der Waals surface area (Å²) in [5.74, 6) is 0. The van der Waals surface area contributed by atoms with Gasteiger partial charge in [0.15, 0.2) is 0 Å². The predicted octanol–water partition coefficient (Wildman–Crippen LogP) is 3.36. The van der Waals surface area contributed by atoms with Gasteiger partial charge in [0.05, 0.1) is 0 Å². The first-order valence-corrected chi connectivity index (χ1v) is 8.26. The van der Waals surface area contributed by atoms with E-state index in [4.69, 9.17) is 0 Å². The Morgan fingerprint density at radius 1 is 0.600 bits per heavy atom. The molecule has 0 atom stereocenters. The molecule has 108 valence electrons. The van der Waals surface area contributed by atoms with Crippen molar-refractivity contribution in [3.63, 3.8) is 0 Å². The largest absolute Gasteiger partial charge is 1.00 e. The number of rotatable bonds is 12. The Labute approximate surface area is 149 Å². The van der Waals surface area contributed by atoms with Crippen molar-refractivity contribution in [2.75, 3.05) is 0 Å². The molecule has 0 aromatic heterocycles. The predicted molar refractivity (Wildman–Crippen MR) is 86.3 cm³/mol. The van der Waals surface area contributed by atoms with Gasteiger partial charge in [-0.2, -0.15) is 6.42 Å². The fraction of sp³-hybridized carbons (Fsp3) is 0.632. The van der Waals surface area contributed by atoms with Crippen LogP contribution in [0.25, 0.3) is 0 Å². The maximum Gasteiger partial charge on any atom is 1.00 e. The first kappa shape index (κ1) is 20.2. The second kappa shape index (κ2) is 15.6. The zero-order chi connectivity index (χ0) is 13.6. The second-order valence-electron chi connectivity index (χ2n) is 5.62. The van der Waals surface area contributed by atoms with Gasteiger partial charge in [-0.3, -0.25) is 0 Å². The zero-order valence-corrected chi connectivity index (χ0v) is 15.6. The van der Waals surface area contributed by atoms with Gasteiger partial charge in [-0.15, -0.1) is 0 Å². The molecule has 0 saturated carbocycles. The molecule has 1 aromatic rings. The Kier molecular flexibility index (Phi) is 15.8. The van der Waals surface area contributed by atoms with Crippen molar-refractivity contribution < 1.29 is 29.6 Å². The summed E-state index contributed by atoms with van der Waals surface area (Å²) in [6.45, 7) is 3.88. The molecule has 1 rings (SSSR count). The zero-order valence-electron chi connectivity index (χ0n) is 13.6. The maximum atomic E-state index is 3.88. The Morgan fingerprint density at radius 3 is 1.55 bits per heavy atom. The molecular formula is C19H31Na. The topological polar surface area (TPSA) is 0 Å². The molecule has 0 unspecified atom stereocenters. The van der Waals surface area contributed by atoms with Gasteiger partial charge in [-0.1, -0.05) is 88.1 Å². The summed E-state index contributed by atoms with van der Waals surface area (Å²) in [4.78, 5) is 0. The van der Waals surface area contributed by atoms with Crippen molar-refractivity contribution in [3.05, 3.63) is 42.8 Å². The normalized spacial score (nSPS) is 10.2. The van der Waals surface area contributed by atoms with Crippen LogP contribution in [0.3, 0.4) is 0 Å². The van der Waals surface area contributed by atoms with Gasteiger partial charge < -0.3 is 6.92 Å². The van der Waals surface area contributed by atoms with E-state index in [1.165, 1.54) is 76.2 Å². The van der Waals surface area contributed by atoms with E-state index in [1.807, 2.05) is 0 Å². The Hall–Kier alpha value is 0.220. The van der Waals surface area contributed by atoms with E-state index in [9.17, 15) is 0 Å². The molecule has 0 aliphatic carbocycles. The van der Waals surface area contributed by atoms with Gasteiger partial charge in [-0.05, 0) is 18.4 Å². The molecular weight excluding hydrogens is 251 g/mol. The third-order valence-electron chi connectivity index (χ3n) is 3.81. The number of hydrogen-bond donors (Lipinski definition) is 0. The van der Waals surface area contributed by atoms with Crippen LogP contribution >= 0.6 is 0 Å². The molecule has 1 aromatic carbocycles. The number of aryl methyl sites for hydroxylation is 1. The molecule has 1 heteroatoms. The third-order valence-corrected chi connectivity index (χ3v) is 3.81. The van der Waals surface area contributed by atoms with Crippen molar-refractivity contribution in [1.29, 1.82) is 0 Å². The fourth-order valence-electron chi connectivity index (χ4n) is 2.56. The van der Waals surface area contributed by atoms with Crippen LogP contribution in [0.15, 0.2) is 30.3 Å². The molecule has 0 aliphatic rings. The average Bonchev–Trinajstić information content (AvgIpc) is 2.46. The molecule has 0 N–H and O–H groups in total. The van der Waals surface area contributed by atoms with Crippen molar-refractivity contribution in [2.24, 2.45) is 0 Å². The minimum absolute atomic E-state index is 0. The van der Waals surface area contributed by atoms with Gasteiger partial charge in [0.1, 0.15) is 0 Å². The standard InChI is InChI=1S/C19H31.Na/c1-2-3-4-5-6-7-8-9-10-11-13-16-19-17-14-12-15-18-19;/h12,14-15,17-18H,1-11,13,16H2;/q-1;+1. The maximum absolute atomic E-state index is 3.88. The average molecular weight is 282 g/mol. The monoisotopic (exact) mass is 282 g/mol. The fourth-order valence-corrected chi connectivity index (χ4v) is 2.56. The van der Waals surface area contributed by atoms with E-state index < -0.39 is 0 Å². The summed E-state index contributed by atoms with van der Waals surface area (Å²) >= 11 is 0. The number of benzene rings is 1. The molecule has 0 heterocycles. The van der Waals surface area contributed by atoms with E-state index in [0.29, 0.717) is 0 Å². The van der Waals surface area contributed by atoms with Crippen LogP contribution in [0.1, 0.15) is 76.2 Å².